The molecular weight excluding hydrogens is 1170 g/mol. The largest absolute Gasteiger partial charge is 0.391 e. The van der Waals surface area contributed by atoms with Crippen LogP contribution in [0.15, 0.2) is 60.7 Å². The van der Waals surface area contributed by atoms with Crippen LogP contribution < -0.4 is 37.2 Å². The van der Waals surface area contributed by atoms with Crippen LogP contribution in [-0.4, -0.2) is 227 Å². The van der Waals surface area contributed by atoms with Gasteiger partial charge >= 0.3 is 0 Å². The van der Waals surface area contributed by atoms with Gasteiger partial charge in [0, 0.05) is 60.0 Å². The molecule has 0 aromatic heterocycles. The molecule has 2 saturated heterocycles. The molecular formula is C65H100N12O14. The second-order valence-electron chi connectivity index (χ2n) is 26.0. The third kappa shape index (κ3) is 22.4. The Morgan fingerprint density at radius 2 is 1.02 bits per heavy atom. The summed E-state index contributed by atoms with van der Waals surface area (Å²) in [7, 11) is 5.50. The fraction of sp³-hybridized carbons (Fsp3) is 0.631. The van der Waals surface area contributed by atoms with E-state index in [1.807, 2.05) is 13.8 Å². The molecule has 0 aliphatic carbocycles. The zero-order valence-corrected chi connectivity index (χ0v) is 55.9. The Kier molecular flexibility index (Phi) is 28.6. The number of fused-ring (bicyclic) bond motifs is 1. The van der Waals surface area contributed by atoms with Crippen LogP contribution in [-0.2, 0) is 75.1 Å². The van der Waals surface area contributed by atoms with Gasteiger partial charge in [-0.05, 0) is 104 Å². The number of likely N-dealkylation sites (N-methyl/N-ethyl adjacent to an activating group) is 4. The first-order valence-electron chi connectivity index (χ1n) is 31.4. The quantitative estimate of drug-likeness (QED) is 0.153. The maximum absolute atomic E-state index is 15.1. The first-order valence-corrected chi connectivity index (χ1v) is 31.4. The summed E-state index contributed by atoms with van der Waals surface area (Å²) in [4.78, 5) is 177. The Balaban J connectivity index is 1.81. The molecule has 26 nitrogen and oxygen atoms in total. The SMILES string of the molecule is CC(C)C[C@@H]1NC(=O)[C@H]([C@@H](C)O)NC(=O)[C@@H]2CCCN2C(=O)[C@H](Cc2ccccc2)NC(=O)[C@H](COC(C)(C)C)NC(=O)[C@H](CC(C)C)N(C)C(=O)[C@H](Cc2ccccc2)NC(=O)[C@@H](C)N(C)C(=O)C[C@@H](C)NC(=O)CNC(=O)[C@H](C)N(C)C(=O)[C@H](C)N(C)C1=O. The van der Waals surface area contributed by atoms with E-state index < -0.39 is 162 Å². The number of nitrogens with one attached hydrogen (secondary N) is 7. The number of aliphatic hydroxyl groups is 1. The Labute approximate surface area is 535 Å². The minimum atomic E-state index is -1.66. The van der Waals surface area contributed by atoms with Gasteiger partial charge in [0.1, 0.15) is 60.4 Å². The summed E-state index contributed by atoms with van der Waals surface area (Å²) in [5, 5.41) is 29.9. The number of carbonyl (C=O) groups is 12. The third-order valence-corrected chi connectivity index (χ3v) is 16.4. The highest BCUT2D eigenvalue weighted by atomic mass is 16.5. The highest BCUT2D eigenvalue weighted by Gasteiger charge is 2.43. The molecule has 0 bridgehead atoms. The Morgan fingerprint density at radius 1 is 0.527 bits per heavy atom. The fourth-order valence-corrected chi connectivity index (χ4v) is 10.6. The summed E-state index contributed by atoms with van der Waals surface area (Å²) in [6, 6.07) is 3.74. The number of carbonyl (C=O) groups excluding carboxylic acids is 12. The van der Waals surface area contributed by atoms with E-state index >= 15 is 4.79 Å². The monoisotopic (exact) mass is 1270 g/mol. The highest BCUT2D eigenvalue weighted by molar-refractivity contribution is 5.99. The van der Waals surface area contributed by atoms with Crippen molar-refractivity contribution in [1.29, 1.82) is 0 Å². The zero-order chi connectivity index (χ0) is 68.4. The molecule has 2 fully saturated rings. The second kappa shape index (κ2) is 34.4. The summed E-state index contributed by atoms with van der Waals surface area (Å²) >= 11 is 0. The van der Waals surface area contributed by atoms with Gasteiger partial charge in [0.15, 0.2) is 0 Å². The molecule has 0 unspecified atom stereocenters. The van der Waals surface area contributed by atoms with Gasteiger partial charge in [0.05, 0.1) is 24.9 Å². The van der Waals surface area contributed by atoms with E-state index in [0.717, 1.165) is 14.7 Å². The van der Waals surface area contributed by atoms with E-state index in [9.17, 15) is 57.8 Å². The predicted molar refractivity (Wildman–Crippen MR) is 339 cm³/mol. The molecule has 2 aromatic carbocycles. The molecule has 0 spiro atoms. The molecule has 0 radical (unpaired) electrons. The van der Waals surface area contributed by atoms with Gasteiger partial charge in [-0.2, -0.15) is 0 Å². The van der Waals surface area contributed by atoms with E-state index in [-0.39, 0.29) is 56.9 Å². The minimum absolute atomic E-state index is 0.0330. The first kappa shape index (κ1) is 75.5. The summed E-state index contributed by atoms with van der Waals surface area (Å²) in [5.74, 6) is -9.15. The van der Waals surface area contributed by atoms with Crippen LogP contribution >= 0.6 is 0 Å². The fourth-order valence-electron chi connectivity index (χ4n) is 10.6. The van der Waals surface area contributed by atoms with E-state index in [0.29, 0.717) is 17.5 Å². The topological polar surface area (TPSA) is 335 Å². The van der Waals surface area contributed by atoms with Crippen LogP contribution in [0.25, 0.3) is 0 Å². The lowest BCUT2D eigenvalue weighted by Gasteiger charge is -2.34. The van der Waals surface area contributed by atoms with Gasteiger partial charge in [-0.15, -0.1) is 0 Å². The molecule has 91 heavy (non-hydrogen) atoms. The normalized spacial score (nSPS) is 26.9. The van der Waals surface area contributed by atoms with Crippen LogP contribution in [0.5, 0.6) is 0 Å². The van der Waals surface area contributed by atoms with E-state index in [2.05, 4.69) is 37.2 Å². The van der Waals surface area contributed by atoms with Crippen LogP contribution in [0.3, 0.4) is 0 Å². The van der Waals surface area contributed by atoms with Crippen molar-refractivity contribution in [3.05, 3.63) is 71.8 Å². The van der Waals surface area contributed by atoms with Gasteiger partial charge in [0.25, 0.3) is 0 Å². The van der Waals surface area contributed by atoms with Gasteiger partial charge in [0.2, 0.25) is 70.9 Å². The van der Waals surface area contributed by atoms with Gasteiger partial charge < -0.3 is 71.6 Å². The van der Waals surface area contributed by atoms with E-state index in [1.165, 1.54) is 65.7 Å². The number of amides is 12. The summed E-state index contributed by atoms with van der Waals surface area (Å²) in [6.45, 7) is 18.8. The molecule has 2 aromatic rings. The average Bonchev–Trinajstić information content (AvgIpc) is 1.87. The molecule has 4 rings (SSSR count). The number of hydrogen-bond donors (Lipinski definition) is 8. The predicted octanol–water partition coefficient (Wildman–Crippen LogP) is 0.567. The number of ether oxygens (including phenoxy) is 1. The Morgan fingerprint density at radius 3 is 1.56 bits per heavy atom. The highest BCUT2D eigenvalue weighted by Crippen LogP contribution is 2.22. The molecule has 12 amide bonds. The average molecular weight is 1270 g/mol. The van der Waals surface area contributed by atoms with Crippen LogP contribution in [0.2, 0.25) is 0 Å². The van der Waals surface area contributed by atoms with Crippen molar-refractivity contribution in [3.63, 3.8) is 0 Å². The summed E-state index contributed by atoms with van der Waals surface area (Å²) < 4.78 is 6.12. The maximum atomic E-state index is 15.1. The Bertz CT molecular complexity index is 2870. The number of hydrogen-bond acceptors (Lipinski definition) is 14. The Hall–Kier alpha value is -8.00. The first-order chi connectivity index (χ1) is 42.5. The van der Waals surface area contributed by atoms with Crippen molar-refractivity contribution < 1.29 is 67.4 Å². The zero-order valence-electron chi connectivity index (χ0n) is 55.9. The van der Waals surface area contributed by atoms with E-state index in [4.69, 9.17) is 4.74 Å². The molecule has 0 saturated carbocycles. The molecule has 12 atom stereocenters. The standard InChI is InChI=1S/C65H100N12O14/c1-37(2)30-46-62(88)75(15)42(8)61(87)74(14)40(6)55(81)66-35-52(79)67-39(5)32-53(80)73(13)41(7)56(82)68-47(33-44-24-19-17-20-25-44)63(89)76(16)51(31-38(3)4)59(85)71-49(36-91-65(10,11)12)57(83)69-48(34-45-26-21-18-22-27-45)64(90)77-29-23-28-50(77)58(84)72-54(43(9)78)60(86)70-46/h17-22,24-27,37-43,46-51,54,78H,23,28-36H2,1-16H3,(H,66,81)(H,67,79)(H,68,82)(H,69,83)(H,70,86)(H,71,85)(H,72,84)/t39-,40+,41-,42+,43-,46+,47+,48+,49+,50+,51+,54+/m1/s1. The third-order valence-electron chi connectivity index (χ3n) is 16.4. The number of rotatable bonds is 11. The van der Waals surface area contributed by atoms with Crippen molar-refractivity contribution in [2.75, 3.05) is 47.9 Å². The lowest BCUT2D eigenvalue weighted by atomic mass is 9.99. The molecule has 8 N–H and O–H groups in total. The minimum Gasteiger partial charge on any atom is -0.391 e. The lowest BCUT2D eigenvalue weighted by Crippen LogP contribution is -2.62. The van der Waals surface area contributed by atoms with Crippen molar-refractivity contribution >= 4 is 70.9 Å². The van der Waals surface area contributed by atoms with Crippen molar-refractivity contribution in [1.82, 2.24) is 61.7 Å². The van der Waals surface area contributed by atoms with E-state index in [1.54, 1.807) is 102 Å². The second-order valence-corrected chi connectivity index (χ2v) is 26.0. The van der Waals surface area contributed by atoms with Crippen molar-refractivity contribution in [2.24, 2.45) is 11.8 Å². The van der Waals surface area contributed by atoms with Crippen molar-refractivity contribution in [2.45, 2.75) is 206 Å². The lowest BCUT2D eigenvalue weighted by molar-refractivity contribution is -0.148. The van der Waals surface area contributed by atoms with Crippen LogP contribution in [0, 0.1) is 11.8 Å². The number of benzene rings is 2. The summed E-state index contributed by atoms with van der Waals surface area (Å²) in [6.07, 6.45) is -1.33. The van der Waals surface area contributed by atoms with Gasteiger partial charge in [-0.3, -0.25) is 57.5 Å². The molecule has 504 valence electrons. The number of aliphatic hydroxyl groups excluding tert-OH is 1. The van der Waals surface area contributed by atoms with Crippen molar-refractivity contribution in [3.8, 4) is 0 Å². The van der Waals surface area contributed by atoms with Gasteiger partial charge in [-0.25, -0.2) is 0 Å². The molecule has 2 aliphatic rings. The van der Waals surface area contributed by atoms with Crippen LogP contribution in [0.4, 0.5) is 0 Å². The molecule has 26 heteroatoms. The van der Waals surface area contributed by atoms with Crippen LogP contribution in [0.1, 0.15) is 126 Å². The molecule has 2 aliphatic heterocycles. The summed E-state index contributed by atoms with van der Waals surface area (Å²) in [5.41, 5.74) is 0.439. The number of nitrogens with zero attached hydrogens (tertiary/aromatic N) is 5. The van der Waals surface area contributed by atoms with Gasteiger partial charge in [-0.1, -0.05) is 88.4 Å². The molecule has 2 heterocycles. The smallest absolute Gasteiger partial charge is 0.246 e. The maximum Gasteiger partial charge on any atom is 0.246 e.